The van der Waals surface area contributed by atoms with Crippen LogP contribution in [0.2, 0.25) is 0 Å². The van der Waals surface area contributed by atoms with Crippen molar-refractivity contribution >= 4 is 17.8 Å². The van der Waals surface area contributed by atoms with Crippen molar-refractivity contribution in [1.29, 1.82) is 0 Å². The molecule has 6 nitrogen and oxygen atoms in total. The van der Waals surface area contributed by atoms with E-state index in [0.717, 1.165) is 0 Å². The van der Waals surface area contributed by atoms with Gasteiger partial charge in [-0.25, -0.2) is 9.59 Å². The van der Waals surface area contributed by atoms with Gasteiger partial charge in [0.1, 0.15) is 6.10 Å². The molecule has 0 fully saturated rings. The first-order chi connectivity index (χ1) is 15.3. The quantitative estimate of drug-likeness (QED) is 0.327. The maximum Gasteiger partial charge on any atom is 0.460 e. The highest BCUT2D eigenvalue weighted by Crippen LogP contribution is 2.48. The van der Waals surface area contributed by atoms with Gasteiger partial charge >= 0.3 is 48.0 Å². The number of halogens is 14. The average molecular weight is 553 g/mol. The third-order valence-corrected chi connectivity index (χ3v) is 3.79. The van der Waals surface area contributed by atoms with Gasteiger partial charge in [-0.2, -0.15) is 61.5 Å². The molecule has 206 valence electrons. The normalized spacial score (nSPS) is 15.8. The zero-order valence-electron chi connectivity index (χ0n) is 16.9. The number of carbonyl (C=O) groups is 3. The Labute approximate surface area is 184 Å². The van der Waals surface area contributed by atoms with Crippen molar-refractivity contribution in [3.8, 4) is 0 Å². The van der Waals surface area contributed by atoms with Crippen molar-refractivity contribution in [2.45, 2.75) is 68.5 Å². The van der Waals surface area contributed by atoms with E-state index in [-0.39, 0.29) is 13.3 Å². The number of carbonyl (C=O) groups excluding carboxylic acids is 3. The van der Waals surface area contributed by atoms with Crippen LogP contribution in [-0.2, 0) is 23.9 Å². The molecule has 0 aromatic carbocycles. The molecule has 0 heterocycles. The van der Waals surface area contributed by atoms with Gasteiger partial charge in [0.05, 0.1) is 6.61 Å². The highest BCUT2D eigenvalue weighted by molar-refractivity contribution is 5.90. The first-order valence-electron chi connectivity index (χ1n) is 8.64. The Morgan fingerprint density at radius 3 is 1.51 bits per heavy atom. The zero-order valence-corrected chi connectivity index (χ0v) is 16.9. The van der Waals surface area contributed by atoms with Crippen molar-refractivity contribution < 1.29 is 85.3 Å². The number of alkyl halides is 14. The number of rotatable bonds is 10. The van der Waals surface area contributed by atoms with Crippen LogP contribution >= 0.6 is 0 Å². The lowest BCUT2D eigenvalue weighted by molar-refractivity contribution is -0.349. The summed E-state index contributed by atoms with van der Waals surface area (Å²) in [6.45, 7) is 0.684. The van der Waals surface area contributed by atoms with Crippen LogP contribution in [0.15, 0.2) is 0 Å². The minimum absolute atomic E-state index is 0.112. The van der Waals surface area contributed by atoms with Gasteiger partial charge < -0.3 is 14.8 Å². The molecule has 0 aliphatic rings. The lowest BCUT2D eigenvalue weighted by Crippen LogP contribution is -2.63. The van der Waals surface area contributed by atoms with Crippen molar-refractivity contribution in [3.63, 3.8) is 0 Å². The number of esters is 2. The van der Waals surface area contributed by atoms with Gasteiger partial charge in [-0.15, -0.1) is 0 Å². The van der Waals surface area contributed by atoms with Gasteiger partial charge in [-0.1, -0.05) is 6.92 Å². The lowest BCUT2D eigenvalue weighted by Gasteiger charge is -2.31. The van der Waals surface area contributed by atoms with E-state index in [1.165, 1.54) is 6.92 Å². The molecule has 0 aliphatic heterocycles. The van der Waals surface area contributed by atoms with E-state index in [9.17, 15) is 75.8 Å². The van der Waals surface area contributed by atoms with Gasteiger partial charge in [0.15, 0.2) is 6.04 Å². The summed E-state index contributed by atoms with van der Waals surface area (Å²) in [6, 6.07) is -3.15. The van der Waals surface area contributed by atoms with Crippen molar-refractivity contribution in [2.75, 3.05) is 6.61 Å². The number of hydrogen-bond acceptors (Lipinski definition) is 5. The Kier molecular flexibility index (Phi) is 9.45. The zero-order chi connectivity index (χ0) is 28.4. The van der Waals surface area contributed by atoms with E-state index in [2.05, 4.69) is 9.47 Å². The van der Waals surface area contributed by atoms with E-state index in [1.54, 1.807) is 0 Å². The van der Waals surface area contributed by atoms with Crippen LogP contribution in [-0.4, -0.2) is 72.6 Å². The van der Waals surface area contributed by atoms with E-state index >= 15 is 0 Å². The molecule has 0 aromatic rings. The molecule has 35 heavy (non-hydrogen) atoms. The Morgan fingerprint density at radius 1 is 0.743 bits per heavy atom. The SMILES string of the molecule is CCCOC(=O)[C@@H](NC(=O)C(F)(F)C(F)(F)C(F)(F)F)[C@@H](C)OC(=O)C(F)(F)C(F)(F)C(F)(F)F. The Bertz CT molecular complexity index is 792. The fraction of sp³-hybridized carbons (Fsp3) is 0.800. The molecule has 0 radical (unpaired) electrons. The molecular weight excluding hydrogens is 540 g/mol. The van der Waals surface area contributed by atoms with Crippen LogP contribution in [0.25, 0.3) is 0 Å². The summed E-state index contributed by atoms with van der Waals surface area (Å²) in [4.78, 5) is 34.5. The summed E-state index contributed by atoms with van der Waals surface area (Å²) in [6.07, 6.45) is -17.1. The first-order valence-corrected chi connectivity index (χ1v) is 8.64. The maximum absolute atomic E-state index is 13.5. The molecule has 0 aliphatic carbocycles. The molecule has 1 N–H and O–H groups in total. The van der Waals surface area contributed by atoms with Crippen molar-refractivity contribution in [2.24, 2.45) is 0 Å². The molecular formula is C15H13F14NO5. The van der Waals surface area contributed by atoms with Gasteiger partial charge in [0.25, 0.3) is 5.91 Å². The molecule has 2 atom stereocenters. The van der Waals surface area contributed by atoms with Crippen LogP contribution in [0.4, 0.5) is 61.5 Å². The van der Waals surface area contributed by atoms with Crippen LogP contribution in [0.1, 0.15) is 20.3 Å². The Morgan fingerprint density at radius 2 is 1.14 bits per heavy atom. The minimum atomic E-state index is -7.08. The molecule has 1 amide bonds. The molecule has 0 saturated heterocycles. The summed E-state index contributed by atoms with van der Waals surface area (Å²) in [5, 5.41) is 0.494. The minimum Gasteiger partial charge on any atom is -0.464 e. The third kappa shape index (κ3) is 6.36. The fourth-order valence-electron chi connectivity index (χ4n) is 1.83. The Balaban J connectivity index is 6.09. The topological polar surface area (TPSA) is 81.7 Å². The molecule has 0 spiro atoms. The van der Waals surface area contributed by atoms with Crippen LogP contribution in [0.3, 0.4) is 0 Å². The van der Waals surface area contributed by atoms with Crippen molar-refractivity contribution in [3.05, 3.63) is 0 Å². The van der Waals surface area contributed by atoms with Crippen LogP contribution < -0.4 is 5.32 Å². The highest BCUT2D eigenvalue weighted by atomic mass is 19.4. The molecule has 0 rings (SSSR count). The largest absolute Gasteiger partial charge is 0.464 e. The van der Waals surface area contributed by atoms with Crippen LogP contribution in [0, 0.1) is 0 Å². The second-order valence-corrected chi connectivity index (χ2v) is 6.52. The number of ether oxygens (including phenoxy) is 2. The monoisotopic (exact) mass is 553 g/mol. The van der Waals surface area contributed by atoms with Crippen LogP contribution in [0.5, 0.6) is 0 Å². The predicted octanol–water partition coefficient (Wildman–Crippen LogP) is 4.02. The van der Waals surface area contributed by atoms with E-state index in [0.29, 0.717) is 5.32 Å². The smallest absolute Gasteiger partial charge is 0.460 e. The first kappa shape index (κ1) is 32.4. The lowest BCUT2D eigenvalue weighted by atomic mass is 10.1. The highest BCUT2D eigenvalue weighted by Gasteiger charge is 2.78. The molecule has 20 heteroatoms. The number of amides is 1. The summed E-state index contributed by atoms with van der Waals surface area (Å²) >= 11 is 0. The van der Waals surface area contributed by atoms with Crippen molar-refractivity contribution in [1.82, 2.24) is 5.32 Å². The van der Waals surface area contributed by atoms with E-state index in [1.807, 2.05) is 0 Å². The van der Waals surface area contributed by atoms with E-state index < -0.39 is 72.6 Å². The summed E-state index contributed by atoms with van der Waals surface area (Å²) in [5.41, 5.74) is 0. The molecule has 0 bridgehead atoms. The molecule has 0 saturated carbocycles. The average Bonchev–Trinajstić information content (AvgIpc) is 2.67. The molecule has 0 unspecified atom stereocenters. The predicted molar refractivity (Wildman–Crippen MR) is 80.6 cm³/mol. The van der Waals surface area contributed by atoms with Gasteiger partial charge in [0.2, 0.25) is 0 Å². The standard InChI is InChI=1S/C15H13F14NO5/c1-3-4-34-7(31)6(30-8(32)10(16,17)12(20,21)14(24,25)26)5(2)35-9(33)11(18,19)13(22,23)15(27,28)29/h5-6H,3-4H2,1-2H3,(H,30,32)/t5-,6+/m1/s1. The third-order valence-electron chi connectivity index (χ3n) is 3.79. The summed E-state index contributed by atoms with van der Waals surface area (Å²) in [5.74, 6) is -37.0. The second kappa shape index (κ2) is 10.2. The summed E-state index contributed by atoms with van der Waals surface area (Å²) < 4.78 is 186. The van der Waals surface area contributed by atoms with Gasteiger partial charge in [0, 0.05) is 0 Å². The summed E-state index contributed by atoms with van der Waals surface area (Å²) in [7, 11) is 0. The van der Waals surface area contributed by atoms with Gasteiger partial charge in [-0.05, 0) is 13.3 Å². The molecule has 0 aromatic heterocycles. The second-order valence-electron chi connectivity index (χ2n) is 6.52. The number of hydrogen-bond donors (Lipinski definition) is 1. The maximum atomic E-state index is 13.5. The fourth-order valence-corrected chi connectivity index (χ4v) is 1.83. The Hall–Kier alpha value is -2.57. The number of nitrogens with one attached hydrogen (secondary N) is 1. The van der Waals surface area contributed by atoms with Gasteiger partial charge in [-0.3, -0.25) is 4.79 Å². The van der Waals surface area contributed by atoms with E-state index in [4.69, 9.17) is 0 Å².